The van der Waals surface area contributed by atoms with Crippen molar-refractivity contribution in [2.45, 2.75) is 61.8 Å². The van der Waals surface area contributed by atoms with Gasteiger partial charge in [0.2, 0.25) is 10.0 Å². The second kappa shape index (κ2) is 6.27. The number of halogens is 3. The third-order valence-corrected chi connectivity index (χ3v) is 6.73. The van der Waals surface area contributed by atoms with E-state index in [1.807, 2.05) is 0 Å². The lowest BCUT2D eigenvalue weighted by Gasteiger charge is -2.31. The van der Waals surface area contributed by atoms with E-state index in [0.717, 1.165) is 36.0 Å². The van der Waals surface area contributed by atoms with Crippen LogP contribution in [-0.4, -0.2) is 51.8 Å². The van der Waals surface area contributed by atoms with E-state index in [4.69, 9.17) is 0 Å². The number of carboxylic acids is 1. The van der Waals surface area contributed by atoms with Crippen LogP contribution in [0.5, 0.6) is 0 Å². The van der Waals surface area contributed by atoms with Crippen molar-refractivity contribution < 1.29 is 31.5 Å². The SMILES string of the molecule is O=C(O)C1CC2CCCCC2N1S(=O)(=O)c1cnn(CC(F)(F)F)c1. The number of hydrogen-bond acceptors (Lipinski definition) is 4. The lowest BCUT2D eigenvalue weighted by atomic mass is 9.85. The molecule has 0 bridgehead atoms. The van der Waals surface area contributed by atoms with Gasteiger partial charge in [-0.1, -0.05) is 12.8 Å². The fraction of sp³-hybridized carbons (Fsp3) is 0.714. The molecule has 2 heterocycles. The van der Waals surface area contributed by atoms with E-state index < -0.39 is 45.7 Å². The molecule has 140 valence electrons. The Morgan fingerprint density at radius 2 is 2.00 bits per heavy atom. The molecule has 11 heteroatoms. The van der Waals surface area contributed by atoms with Gasteiger partial charge in [-0.3, -0.25) is 9.48 Å². The first-order valence-corrected chi connectivity index (χ1v) is 9.39. The quantitative estimate of drug-likeness (QED) is 0.859. The first kappa shape index (κ1) is 18.2. The summed E-state index contributed by atoms with van der Waals surface area (Å²) in [7, 11) is -4.24. The van der Waals surface area contributed by atoms with E-state index in [9.17, 15) is 31.5 Å². The van der Waals surface area contributed by atoms with Crippen molar-refractivity contribution in [1.82, 2.24) is 14.1 Å². The smallest absolute Gasteiger partial charge is 0.408 e. The van der Waals surface area contributed by atoms with Crippen LogP contribution >= 0.6 is 0 Å². The van der Waals surface area contributed by atoms with E-state index in [-0.39, 0.29) is 12.3 Å². The van der Waals surface area contributed by atoms with Gasteiger partial charge in [0.25, 0.3) is 0 Å². The largest absolute Gasteiger partial charge is 0.480 e. The molecule has 1 aliphatic heterocycles. The minimum atomic E-state index is -4.53. The van der Waals surface area contributed by atoms with Crippen molar-refractivity contribution in [3.05, 3.63) is 12.4 Å². The topological polar surface area (TPSA) is 92.5 Å². The molecule has 1 N–H and O–H groups in total. The Morgan fingerprint density at radius 1 is 1.32 bits per heavy atom. The Kier molecular flexibility index (Phi) is 4.56. The molecule has 1 saturated carbocycles. The maximum Gasteiger partial charge on any atom is 0.408 e. The van der Waals surface area contributed by atoms with Gasteiger partial charge in [-0.2, -0.15) is 22.6 Å². The molecule has 1 aromatic rings. The highest BCUT2D eigenvalue weighted by atomic mass is 32.2. The summed E-state index contributed by atoms with van der Waals surface area (Å²) in [4.78, 5) is 11.1. The number of aliphatic carboxylic acids is 1. The summed E-state index contributed by atoms with van der Waals surface area (Å²) in [6, 6.07) is -1.62. The molecule has 25 heavy (non-hydrogen) atoms. The molecule has 3 rings (SSSR count). The highest BCUT2D eigenvalue weighted by molar-refractivity contribution is 7.89. The summed E-state index contributed by atoms with van der Waals surface area (Å²) >= 11 is 0. The van der Waals surface area contributed by atoms with E-state index in [2.05, 4.69) is 5.10 Å². The molecular formula is C14H18F3N3O4S. The van der Waals surface area contributed by atoms with Gasteiger partial charge in [0.15, 0.2) is 0 Å². The van der Waals surface area contributed by atoms with Gasteiger partial charge in [-0.25, -0.2) is 8.42 Å². The van der Waals surface area contributed by atoms with Crippen LogP contribution in [0.3, 0.4) is 0 Å². The maximum absolute atomic E-state index is 12.9. The molecule has 1 aromatic heterocycles. The summed E-state index contributed by atoms with van der Waals surface area (Å²) < 4.78 is 64.6. The van der Waals surface area contributed by atoms with Crippen LogP contribution in [0.4, 0.5) is 13.2 Å². The summed E-state index contributed by atoms with van der Waals surface area (Å²) in [6.45, 7) is -1.41. The molecule has 2 fully saturated rings. The molecule has 3 unspecified atom stereocenters. The number of rotatable bonds is 4. The van der Waals surface area contributed by atoms with Gasteiger partial charge >= 0.3 is 12.1 Å². The highest BCUT2D eigenvalue weighted by Gasteiger charge is 2.51. The molecule has 0 radical (unpaired) electrons. The Bertz CT molecular complexity index is 762. The normalized spacial score (nSPS) is 28.0. The van der Waals surface area contributed by atoms with Crippen molar-refractivity contribution in [2.24, 2.45) is 5.92 Å². The van der Waals surface area contributed by atoms with E-state index in [1.54, 1.807) is 0 Å². The Labute approximate surface area is 142 Å². The van der Waals surface area contributed by atoms with Crippen LogP contribution in [0.25, 0.3) is 0 Å². The van der Waals surface area contributed by atoms with Crippen LogP contribution in [0.15, 0.2) is 17.3 Å². The average Bonchev–Trinajstić information content (AvgIpc) is 3.09. The zero-order chi connectivity index (χ0) is 18.4. The summed E-state index contributed by atoms with van der Waals surface area (Å²) in [5.74, 6) is -1.27. The van der Waals surface area contributed by atoms with Gasteiger partial charge in [0.1, 0.15) is 17.5 Å². The van der Waals surface area contributed by atoms with E-state index in [1.165, 1.54) is 0 Å². The number of alkyl halides is 3. The second-order valence-electron chi connectivity index (χ2n) is 6.53. The zero-order valence-electron chi connectivity index (χ0n) is 13.2. The maximum atomic E-state index is 12.9. The van der Waals surface area contributed by atoms with Gasteiger partial charge in [0.05, 0.1) is 6.20 Å². The molecule has 0 aromatic carbocycles. The Balaban J connectivity index is 1.93. The standard InChI is InChI=1S/C14H18F3N3O4S/c15-14(16,17)8-19-7-10(6-18-19)25(23,24)20-11-4-2-1-3-9(11)5-12(20)13(21)22/h6-7,9,11-12H,1-5,8H2,(H,21,22). The third kappa shape index (κ3) is 3.52. The van der Waals surface area contributed by atoms with Gasteiger partial charge in [-0.05, 0) is 25.2 Å². The first-order valence-electron chi connectivity index (χ1n) is 7.95. The van der Waals surface area contributed by atoms with Crippen molar-refractivity contribution >= 4 is 16.0 Å². The number of hydrogen-bond donors (Lipinski definition) is 1. The lowest BCUT2D eigenvalue weighted by molar-refractivity contribution is -0.143. The van der Waals surface area contributed by atoms with Gasteiger partial charge in [-0.15, -0.1) is 0 Å². The minimum absolute atomic E-state index is 0.0326. The van der Waals surface area contributed by atoms with E-state index >= 15 is 0 Å². The summed E-state index contributed by atoms with van der Waals surface area (Å²) in [5.41, 5.74) is 0. The second-order valence-corrected chi connectivity index (χ2v) is 8.37. The summed E-state index contributed by atoms with van der Waals surface area (Å²) in [6.07, 6.45) is 0.388. The van der Waals surface area contributed by atoms with Crippen LogP contribution in [0.1, 0.15) is 32.1 Å². The third-order valence-electron chi connectivity index (χ3n) is 4.84. The highest BCUT2D eigenvalue weighted by Crippen LogP contribution is 2.42. The molecule has 7 nitrogen and oxygen atoms in total. The average molecular weight is 381 g/mol. The van der Waals surface area contributed by atoms with Crippen LogP contribution in [0, 0.1) is 5.92 Å². The molecule has 3 atom stereocenters. The van der Waals surface area contributed by atoms with Crippen molar-refractivity contribution in [3.63, 3.8) is 0 Å². The molecule has 0 spiro atoms. The van der Waals surface area contributed by atoms with Gasteiger partial charge in [0, 0.05) is 12.2 Å². The van der Waals surface area contributed by atoms with Crippen molar-refractivity contribution in [3.8, 4) is 0 Å². The fourth-order valence-electron chi connectivity index (χ4n) is 3.84. The van der Waals surface area contributed by atoms with E-state index in [0.29, 0.717) is 11.1 Å². The molecular weight excluding hydrogens is 363 g/mol. The van der Waals surface area contributed by atoms with Crippen LogP contribution in [0.2, 0.25) is 0 Å². The predicted molar refractivity (Wildman–Crippen MR) is 79.1 cm³/mol. The van der Waals surface area contributed by atoms with Crippen LogP contribution in [-0.2, 0) is 21.4 Å². The molecule has 1 aliphatic carbocycles. The monoisotopic (exact) mass is 381 g/mol. The minimum Gasteiger partial charge on any atom is -0.480 e. The molecule has 2 aliphatic rings. The predicted octanol–water partition coefficient (Wildman–Crippen LogP) is 1.85. The Morgan fingerprint density at radius 3 is 2.64 bits per heavy atom. The Hall–Kier alpha value is -1.62. The molecule has 1 saturated heterocycles. The number of carbonyl (C=O) groups is 1. The fourth-order valence-corrected chi connectivity index (χ4v) is 5.67. The first-order chi connectivity index (χ1) is 11.6. The summed E-state index contributed by atoms with van der Waals surface area (Å²) in [5, 5.41) is 12.9. The number of sulfonamides is 1. The number of fused-ring (bicyclic) bond motifs is 1. The lowest BCUT2D eigenvalue weighted by Crippen LogP contribution is -2.46. The number of nitrogens with zero attached hydrogens (tertiary/aromatic N) is 3. The molecule has 0 amide bonds. The number of aromatic nitrogens is 2. The van der Waals surface area contributed by atoms with Gasteiger partial charge < -0.3 is 5.11 Å². The van der Waals surface area contributed by atoms with Crippen LogP contribution < -0.4 is 0 Å². The zero-order valence-corrected chi connectivity index (χ0v) is 14.0. The van der Waals surface area contributed by atoms with Crippen molar-refractivity contribution in [2.75, 3.05) is 0 Å². The van der Waals surface area contributed by atoms with Crippen molar-refractivity contribution in [1.29, 1.82) is 0 Å². The number of carboxylic acid groups (broad SMARTS) is 1.